The molecule has 0 saturated carbocycles. The van der Waals surface area contributed by atoms with E-state index in [0.717, 1.165) is 69.3 Å². The molecule has 1 aromatic rings. The molecule has 1 aromatic heterocycles. The van der Waals surface area contributed by atoms with E-state index < -0.39 is 5.97 Å². The Bertz CT molecular complexity index is 513. The fourth-order valence-electron chi connectivity index (χ4n) is 2.53. The summed E-state index contributed by atoms with van der Waals surface area (Å²) < 4.78 is 5.70. The van der Waals surface area contributed by atoms with Gasteiger partial charge in [-0.3, -0.25) is 9.59 Å². The number of aliphatic carboxylic acids is 1. The molecule has 0 atom stereocenters. The van der Waals surface area contributed by atoms with E-state index in [1.165, 1.54) is 0 Å². The molecule has 0 aliphatic heterocycles. The molecule has 0 amide bonds. The van der Waals surface area contributed by atoms with E-state index >= 15 is 0 Å². The van der Waals surface area contributed by atoms with Gasteiger partial charge in [-0.2, -0.15) is 0 Å². The zero-order valence-corrected chi connectivity index (χ0v) is 14.8. The minimum atomic E-state index is -0.713. The summed E-state index contributed by atoms with van der Waals surface area (Å²) in [6, 6.07) is 3.86. The van der Waals surface area contributed by atoms with E-state index in [1.807, 2.05) is 12.1 Å². The normalized spacial score (nSPS) is 11.2. The predicted molar refractivity (Wildman–Crippen MR) is 95.9 cm³/mol. The van der Waals surface area contributed by atoms with Gasteiger partial charge in [-0.1, -0.05) is 39.0 Å². The van der Waals surface area contributed by atoms with Crippen LogP contribution in [0.2, 0.25) is 0 Å². The third kappa shape index (κ3) is 10.0. The summed E-state index contributed by atoms with van der Waals surface area (Å²) in [5.41, 5.74) is 0. The monoisotopic (exact) mass is 334 g/mol. The number of aryl methyl sites for hydroxylation is 1. The zero-order valence-electron chi connectivity index (χ0n) is 14.8. The highest BCUT2D eigenvalue weighted by molar-refractivity contribution is 5.93. The van der Waals surface area contributed by atoms with Crippen molar-refractivity contribution in [2.75, 3.05) is 0 Å². The molecule has 4 nitrogen and oxygen atoms in total. The maximum Gasteiger partial charge on any atom is 0.303 e. The molecule has 1 N–H and O–H groups in total. The van der Waals surface area contributed by atoms with Gasteiger partial charge in [-0.05, 0) is 43.5 Å². The van der Waals surface area contributed by atoms with Crippen molar-refractivity contribution in [3.05, 3.63) is 29.7 Å². The second-order valence-electron chi connectivity index (χ2n) is 6.22. The van der Waals surface area contributed by atoms with Crippen LogP contribution in [-0.4, -0.2) is 16.9 Å². The lowest BCUT2D eigenvalue weighted by atomic mass is 10.1. The summed E-state index contributed by atoms with van der Waals surface area (Å²) in [5, 5.41) is 8.56. The van der Waals surface area contributed by atoms with Crippen LogP contribution in [0.25, 0.3) is 6.08 Å². The maximum atomic E-state index is 11.7. The van der Waals surface area contributed by atoms with Crippen LogP contribution in [-0.2, 0) is 16.0 Å². The highest BCUT2D eigenvalue weighted by Gasteiger charge is 2.02. The summed E-state index contributed by atoms with van der Waals surface area (Å²) in [5.74, 6) is 1.12. The fraction of sp³-hybridized carbons (Fsp3) is 0.600. The third-order valence-corrected chi connectivity index (χ3v) is 3.96. The van der Waals surface area contributed by atoms with Crippen LogP contribution in [0.15, 0.2) is 22.6 Å². The summed E-state index contributed by atoms with van der Waals surface area (Å²) in [7, 11) is 0. The number of rotatable bonds is 14. The van der Waals surface area contributed by atoms with Gasteiger partial charge < -0.3 is 9.52 Å². The van der Waals surface area contributed by atoms with Crippen molar-refractivity contribution < 1.29 is 19.1 Å². The zero-order chi connectivity index (χ0) is 17.6. The Hall–Kier alpha value is -1.84. The molecule has 0 aliphatic carbocycles. The molecule has 0 spiro atoms. The van der Waals surface area contributed by atoms with Crippen LogP contribution in [0.4, 0.5) is 0 Å². The third-order valence-electron chi connectivity index (χ3n) is 3.96. The van der Waals surface area contributed by atoms with Gasteiger partial charge in [0.15, 0.2) is 5.78 Å². The van der Waals surface area contributed by atoms with E-state index in [0.29, 0.717) is 6.42 Å². The number of carbonyl (C=O) groups is 2. The van der Waals surface area contributed by atoms with E-state index in [-0.39, 0.29) is 12.2 Å². The van der Waals surface area contributed by atoms with Gasteiger partial charge in [-0.15, -0.1) is 0 Å². The van der Waals surface area contributed by atoms with Gasteiger partial charge in [0, 0.05) is 19.3 Å². The number of allylic oxidation sites excluding steroid dienone is 1. The number of hydrogen-bond donors (Lipinski definition) is 1. The molecule has 0 unspecified atom stereocenters. The summed E-state index contributed by atoms with van der Waals surface area (Å²) >= 11 is 0. The van der Waals surface area contributed by atoms with Crippen molar-refractivity contribution >= 4 is 17.8 Å². The summed E-state index contributed by atoms with van der Waals surface area (Å²) in [4.78, 5) is 22.1. The van der Waals surface area contributed by atoms with Crippen LogP contribution in [0.5, 0.6) is 0 Å². The van der Waals surface area contributed by atoms with E-state index in [4.69, 9.17) is 9.52 Å². The van der Waals surface area contributed by atoms with Crippen molar-refractivity contribution in [2.24, 2.45) is 0 Å². The number of carboxylic acids is 1. The molecule has 0 saturated heterocycles. The average Bonchev–Trinajstić information content (AvgIpc) is 3.00. The predicted octanol–water partition coefficient (Wildman–Crippen LogP) is 5.41. The topological polar surface area (TPSA) is 67.5 Å². The van der Waals surface area contributed by atoms with Gasteiger partial charge >= 0.3 is 5.97 Å². The first-order valence-corrected chi connectivity index (χ1v) is 9.13. The van der Waals surface area contributed by atoms with Crippen molar-refractivity contribution in [2.45, 2.75) is 77.6 Å². The molecule has 0 aromatic carbocycles. The molecular formula is C20H30O4. The first kappa shape index (κ1) is 20.2. The maximum absolute atomic E-state index is 11.7. The minimum absolute atomic E-state index is 0.155. The first-order chi connectivity index (χ1) is 11.6. The Balaban J connectivity index is 2.16. The Morgan fingerprint density at radius 1 is 1.00 bits per heavy atom. The summed E-state index contributed by atoms with van der Waals surface area (Å²) in [6.07, 6.45) is 13.2. The molecule has 0 radical (unpaired) electrons. The lowest BCUT2D eigenvalue weighted by molar-refractivity contribution is -0.137. The molecule has 0 bridgehead atoms. The van der Waals surface area contributed by atoms with Gasteiger partial charge in [0.1, 0.15) is 11.5 Å². The molecule has 134 valence electrons. The Morgan fingerprint density at radius 3 is 2.46 bits per heavy atom. The largest absolute Gasteiger partial charge is 0.481 e. The van der Waals surface area contributed by atoms with Gasteiger partial charge in [0.25, 0.3) is 0 Å². The quantitative estimate of drug-likeness (QED) is 0.365. The minimum Gasteiger partial charge on any atom is -0.481 e. The standard InChI is InChI=1S/C20H30O4/c1-2-3-7-10-17(21)13-14-19-16-15-18(24-19)11-8-5-4-6-9-12-20(22)23/h13-16H,2-12H2,1H3,(H,22,23). The van der Waals surface area contributed by atoms with E-state index in [2.05, 4.69) is 6.92 Å². The summed E-state index contributed by atoms with van der Waals surface area (Å²) in [6.45, 7) is 2.13. The van der Waals surface area contributed by atoms with Gasteiger partial charge in [0.2, 0.25) is 0 Å². The van der Waals surface area contributed by atoms with Gasteiger partial charge in [0.05, 0.1) is 0 Å². The lowest BCUT2D eigenvalue weighted by Crippen LogP contribution is -1.93. The molecule has 24 heavy (non-hydrogen) atoms. The molecule has 1 heterocycles. The van der Waals surface area contributed by atoms with Crippen molar-refractivity contribution in [1.82, 2.24) is 0 Å². The van der Waals surface area contributed by atoms with Crippen molar-refractivity contribution in [3.63, 3.8) is 0 Å². The highest BCUT2D eigenvalue weighted by atomic mass is 16.4. The first-order valence-electron chi connectivity index (χ1n) is 9.13. The van der Waals surface area contributed by atoms with Crippen LogP contribution in [0.3, 0.4) is 0 Å². The molecule has 0 aliphatic rings. The van der Waals surface area contributed by atoms with Crippen LogP contribution >= 0.6 is 0 Å². The Labute approximate surface area is 144 Å². The molecule has 0 fully saturated rings. The van der Waals surface area contributed by atoms with Gasteiger partial charge in [-0.25, -0.2) is 0 Å². The number of furan rings is 1. The van der Waals surface area contributed by atoms with E-state index in [1.54, 1.807) is 12.2 Å². The van der Waals surface area contributed by atoms with Crippen LogP contribution in [0.1, 0.15) is 82.7 Å². The number of unbranched alkanes of at least 4 members (excludes halogenated alkanes) is 6. The molecular weight excluding hydrogens is 304 g/mol. The van der Waals surface area contributed by atoms with Crippen LogP contribution in [0, 0.1) is 0 Å². The number of carboxylic acid groups (broad SMARTS) is 1. The second kappa shape index (κ2) is 12.6. The highest BCUT2D eigenvalue weighted by Crippen LogP contribution is 2.14. The van der Waals surface area contributed by atoms with Crippen LogP contribution < -0.4 is 0 Å². The van der Waals surface area contributed by atoms with Crippen molar-refractivity contribution in [3.8, 4) is 0 Å². The Morgan fingerprint density at radius 2 is 1.71 bits per heavy atom. The fourth-order valence-corrected chi connectivity index (χ4v) is 2.53. The number of ketones is 1. The second-order valence-corrected chi connectivity index (χ2v) is 6.22. The SMILES string of the molecule is CCCCCC(=O)C=Cc1ccc(CCCCCCCC(=O)O)o1. The number of hydrogen-bond acceptors (Lipinski definition) is 3. The molecule has 1 rings (SSSR count). The molecule has 4 heteroatoms. The smallest absolute Gasteiger partial charge is 0.303 e. The number of carbonyl (C=O) groups excluding carboxylic acids is 1. The lowest BCUT2D eigenvalue weighted by Gasteiger charge is -1.99. The van der Waals surface area contributed by atoms with E-state index in [9.17, 15) is 9.59 Å². The average molecular weight is 334 g/mol. The Kier molecular flexibility index (Phi) is 10.6. The van der Waals surface area contributed by atoms with Crippen molar-refractivity contribution in [1.29, 1.82) is 0 Å².